The number of aliphatic hydroxyl groups is 1. The zero-order chi connectivity index (χ0) is 10.4. The molecule has 2 N–H and O–H groups in total. The van der Waals surface area contributed by atoms with Crippen molar-refractivity contribution in [1.29, 1.82) is 0 Å². The van der Waals surface area contributed by atoms with Crippen LogP contribution in [0, 0.1) is 0 Å². The molecule has 3 nitrogen and oxygen atoms in total. The smallest absolute Gasteiger partial charge is 0.117 e. The monoisotopic (exact) mass is 197 g/mol. The van der Waals surface area contributed by atoms with Crippen LogP contribution in [0.5, 0.6) is 0 Å². The molecule has 0 spiro atoms. The van der Waals surface area contributed by atoms with Crippen molar-refractivity contribution in [2.45, 2.75) is 38.8 Å². The molecule has 0 fully saturated rings. The lowest BCUT2D eigenvalue weighted by molar-refractivity contribution is 0.161. The van der Waals surface area contributed by atoms with E-state index >= 15 is 0 Å². The van der Waals surface area contributed by atoms with Gasteiger partial charge in [-0.1, -0.05) is 13.3 Å². The summed E-state index contributed by atoms with van der Waals surface area (Å²) in [5.41, 5.74) is -0.193. The first-order chi connectivity index (χ1) is 6.70. The lowest BCUT2D eigenvalue weighted by atomic mass is 9.97. The van der Waals surface area contributed by atoms with E-state index in [4.69, 9.17) is 4.42 Å². The van der Waals surface area contributed by atoms with Gasteiger partial charge >= 0.3 is 0 Å². The van der Waals surface area contributed by atoms with Crippen LogP contribution in [0.15, 0.2) is 22.8 Å². The van der Waals surface area contributed by atoms with Gasteiger partial charge in [0, 0.05) is 5.54 Å². The topological polar surface area (TPSA) is 45.4 Å². The summed E-state index contributed by atoms with van der Waals surface area (Å²) in [6, 6.07) is 3.80. The van der Waals surface area contributed by atoms with Gasteiger partial charge in [-0.15, -0.1) is 0 Å². The first kappa shape index (κ1) is 11.3. The van der Waals surface area contributed by atoms with Gasteiger partial charge in [-0.2, -0.15) is 0 Å². The number of aliphatic hydroxyl groups excluding tert-OH is 1. The molecule has 1 rings (SSSR count). The molecule has 0 radical (unpaired) electrons. The van der Waals surface area contributed by atoms with Gasteiger partial charge in [0.1, 0.15) is 5.76 Å². The number of rotatable bonds is 6. The van der Waals surface area contributed by atoms with E-state index in [-0.39, 0.29) is 12.1 Å². The molecular formula is C11H19NO2. The Balaban J connectivity index is 2.41. The number of nitrogens with one attached hydrogen (secondary N) is 1. The van der Waals surface area contributed by atoms with E-state index in [1.807, 2.05) is 19.1 Å². The van der Waals surface area contributed by atoms with Crippen LogP contribution >= 0.6 is 0 Å². The molecule has 0 saturated carbocycles. The van der Waals surface area contributed by atoms with E-state index in [0.717, 1.165) is 18.6 Å². The van der Waals surface area contributed by atoms with E-state index in [1.54, 1.807) is 6.26 Å². The van der Waals surface area contributed by atoms with E-state index in [9.17, 15) is 5.11 Å². The van der Waals surface area contributed by atoms with Crippen molar-refractivity contribution >= 4 is 0 Å². The van der Waals surface area contributed by atoms with Gasteiger partial charge in [0.15, 0.2) is 0 Å². The predicted octanol–water partition coefficient (Wildman–Crippen LogP) is 1.92. The average molecular weight is 197 g/mol. The maximum absolute atomic E-state index is 9.25. The minimum atomic E-state index is -0.193. The second kappa shape index (κ2) is 5.17. The molecule has 80 valence electrons. The molecule has 0 amide bonds. The summed E-state index contributed by atoms with van der Waals surface area (Å²) in [6.07, 6.45) is 3.68. The van der Waals surface area contributed by atoms with Gasteiger partial charge in [0.2, 0.25) is 0 Å². The second-order valence-electron chi connectivity index (χ2n) is 3.90. The maximum atomic E-state index is 9.25. The SMILES string of the molecule is CCCC(C)(CO)NCc1ccco1. The van der Waals surface area contributed by atoms with Gasteiger partial charge in [-0.25, -0.2) is 0 Å². The summed E-state index contributed by atoms with van der Waals surface area (Å²) in [4.78, 5) is 0. The van der Waals surface area contributed by atoms with Crippen molar-refractivity contribution in [2.75, 3.05) is 6.61 Å². The van der Waals surface area contributed by atoms with Crippen LogP contribution in [0.3, 0.4) is 0 Å². The Morgan fingerprint density at radius 3 is 2.86 bits per heavy atom. The summed E-state index contributed by atoms with van der Waals surface area (Å²) in [7, 11) is 0. The molecule has 0 bridgehead atoms. The van der Waals surface area contributed by atoms with Crippen LogP contribution in [0.25, 0.3) is 0 Å². The minimum absolute atomic E-state index is 0.154. The standard InChI is InChI=1S/C11H19NO2/c1-3-6-11(2,9-13)12-8-10-5-4-7-14-10/h4-5,7,12-13H,3,6,8-9H2,1-2H3. The quantitative estimate of drug-likeness (QED) is 0.732. The fourth-order valence-corrected chi connectivity index (χ4v) is 1.49. The first-order valence-corrected chi connectivity index (χ1v) is 5.08. The minimum Gasteiger partial charge on any atom is -0.468 e. The summed E-state index contributed by atoms with van der Waals surface area (Å²) in [5, 5.41) is 12.6. The van der Waals surface area contributed by atoms with E-state index in [0.29, 0.717) is 6.54 Å². The van der Waals surface area contributed by atoms with Crippen molar-refractivity contribution in [3.63, 3.8) is 0 Å². The molecule has 1 aromatic rings. The van der Waals surface area contributed by atoms with Crippen LogP contribution in [-0.2, 0) is 6.54 Å². The first-order valence-electron chi connectivity index (χ1n) is 5.08. The highest BCUT2D eigenvalue weighted by molar-refractivity contribution is 4.98. The molecule has 0 aliphatic rings. The Morgan fingerprint density at radius 1 is 1.57 bits per heavy atom. The molecule has 0 aliphatic carbocycles. The number of hydrogen-bond acceptors (Lipinski definition) is 3. The molecule has 3 heteroatoms. The molecule has 1 atom stereocenters. The molecule has 1 heterocycles. The average Bonchev–Trinajstić information content (AvgIpc) is 2.68. The molecule has 0 saturated heterocycles. The molecule has 14 heavy (non-hydrogen) atoms. The van der Waals surface area contributed by atoms with Crippen LogP contribution < -0.4 is 5.32 Å². The number of furan rings is 1. The fraction of sp³-hybridized carbons (Fsp3) is 0.636. The van der Waals surface area contributed by atoms with Crippen LogP contribution in [0.4, 0.5) is 0 Å². The normalized spacial score (nSPS) is 15.4. The highest BCUT2D eigenvalue weighted by atomic mass is 16.3. The van der Waals surface area contributed by atoms with Crippen LogP contribution in [0.1, 0.15) is 32.4 Å². The molecular weight excluding hydrogens is 178 g/mol. The van der Waals surface area contributed by atoms with E-state index in [2.05, 4.69) is 12.2 Å². The summed E-state index contributed by atoms with van der Waals surface area (Å²) in [5.74, 6) is 0.903. The fourth-order valence-electron chi connectivity index (χ4n) is 1.49. The number of hydrogen-bond donors (Lipinski definition) is 2. The third kappa shape index (κ3) is 3.16. The molecule has 1 aromatic heterocycles. The largest absolute Gasteiger partial charge is 0.468 e. The Bertz CT molecular complexity index is 246. The van der Waals surface area contributed by atoms with E-state index in [1.165, 1.54) is 0 Å². The van der Waals surface area contributed by atoms with Crippen molar-refractivity contribution in [3.8, 4) is 0 Å². The Hall–Kier alpha value is -0.800. The van der Waals surface area contributed by atoms with Crippen molar-refractivity contribution in [3.05, 3.63) is 24.2 Å². The van der Waals surface area contributed by atoms with Gasteiger partial charge in [-0.05, 0) is 25.5 Å². The van der Waals surface area contributed by atoms with Crippen molar-refractivity contribution in [2.24, 2.45) is 0 Å². The lowest BCUT2D eigenvalue weighted by Gasteiger charge is -2.27. The van der Waals surface area contributed by atoms with Gasteiger partial charge in [-0.3, -0.25) is 0 Å². The zero-order valence-electron chi connectivity index (χ0n) is 8.92. The van der Waals surface area contributed by atoms with Gasteiger partial charge < -0.3 is 14.8 Å². The maximum Gasteiger partial charge on any atom is 0.117 e. The molecule has 0 aromatic carbocycles. The lowest BCUT2D eigenvalue weighted by Crippen LogP contribution is -2.45. The van der Waals surface area contributed by atoms with Gasteiger partial charge in [0.25, 0.3) is 0 Å². The zero-order valence-corrected chi connectivity index (χ0v) is 8.92. The third-order valence-electron chi connectivity index (χ3n) is 2.42. The highest BCUT2D eigenvalue weighted by Gasteiger charge is 2.21. The van der Waals surface area contributed by atoms with E-state index < -0.39 is 0 Å². The van der Waals surface area contributed by atoms with Crippen molar-refractivity contribution < 1.29 is 9.52 Å². The summed E-state index contributed by atoms with van der Waals surface area (Å²) in [6.45, 7) is 4.97. The summed E-state index contributed by atoms with van der Waals surface area (Å²) < 4.78 is 5.21. The Labute approximate surface area is 85.1 Å². The molecule has 0 aliphatic heterocycles. The van der Waals surface area contributed by atoms with Crippen molar-refractivity contribution in [1.82, 2.24) is 5.32 Å². The predicted molar refractivity (Wildman–Crippen MR) is 55.9 cm³/mol. The molecule has 1 unspecified atom stereocenters. The van der Waals surface area contributed by atoms with Crippen LogP contribution in [-0.4, -0.2) is 17.3 Å². The Morgan fingerprint density at radius 2 is 2.36 bits per heavy atom. The Kier molecular flexibility index (Phi) is 4.17. The van der Waals surface area contributed by atoms with Gasteiger partial charge in [0.05, 0.1) is 19.4 Å². The third-order valence-corrected chi connectivity index (χ3v) is 2.42. The second-order valence-corrected chi connectivity index (χ2v) is 3.90. The van der Waals surface area contributed by atoms with Crippen LogP contribution in [0.2, 0.25) is 0 Å². The summed E-state index contributed by atoms with van der Waals surface area (Å²) >= 11 is 0. The highest BCUT2D eigenvalue weighted by Crippen LogP contribution is 2.12.